The molecule has 5 rings (SSSR count). The van der Waals surface area contributed by atoms with Crippen molar-refractivity contribution in [1.29, 1.82) is 0 Å². The van der Waals surface area contributed by atoms with E-state index in [-0.39, 0.29) is 11.9 Å². The Balaban J connectivity index is 1.33. The first-order valence-electron chi connectivity index (χ1n) is 10.6. The van der Waals surface area contributed by atoms with Crippen molar-refractivity contribution < 1.29 is 14.3 Å². The van der Waals surface area contributed by atoms with Crippen molar-refractivity contribution in [2.24, 2.45) is 0 Å². The number of likely N-dealkylation sites (tertiary alicyclic amines) is 1. The van der Waals surface area contributed by atoms with Crippen LogP contribution >= 0.6 is 11.3 Å². The number of nitrogens with zero attached hydrogens (tertiary/aromatic N) is 1. The largest absolute Gasteiger partial charge is 0.486 e. The molecule has 0 spiro atoms. The third-order valence-electron chi connectivity index (χ3n) is 5.75. The molecule has 3 aromatic rings. The summed E-state index contributed by atoms with van der Waals surface area (Å²) in [6.45, 7) is 4.25. The highest BCUT2D eigenvalue weighted by Gasteiger charge is 2.22. The van der Waals surface area contributed by atoms with Gasteiger partial charge in [0.05, 0.1) is 4.88 Å². The molecule has 1 amide bonds. The van der Waals surface area contributed by atoms with Crippen LogP contribution in [0.1, 0.15) is 28.1 Å². The number of fused-ring (bicyclic) bond motifs is 2. The van der Waals surface area contributed by atoms with Crippen molar-refractivity contribution in [3.8, 4) is 11.5 Å². The summed E-state index contributed by atoms with van der Waals surface area (Å²) >= 11 is 1.55. The lowest BCUT2D eigenvalue weighted by atomic mass is 10.0. The molecule has 6 heteroatoms. The van der Waals surface area contributed by atoms with E-state index >= 15 is 0 Å². The molecule has 5 nitrogen and oxygen atoms in total. The van der Waals surface area contributed by atoms with Gasteiger partial charge in [-0.25, -0.2) is 0 Å². The fraction of sp³-hybridized carbons (Fsp3) is 0.375. The third kappa shape index (κ3) is 4.30. The molecule has 1 fully saturated rings. The molecule has 0 saturated carbocycles. The van der Waals surface area contributed by atoms with Gasteiger partial charge in [0.15, 0.2) is 11.5 Å². The molecule has 1 saturated heterocycles. The number of nitrogens with one attached hydrogen (secondary N) is 1. The second kappa shape index (κ2) is 8.66. The van der Waals surface area contributed by atoms with Crippen molar-refractivity contribution in [3.63, 3.8) is 0 Å². The van der Waals surface area contributed by atoms with Crippen LogP contribution in [0.3, 0.4) is 0 Å². The van der Waals surface area contributed by atoms with Gasteiger partial charge in [-0.3, -0.25) is 4.79 Å². The smallest absolute Gasteiger partial charge is 0.261 e. The first-order valence-corrected chi connectivity index (χ1v) is 11.5. The number of carbonyl (C=O) groups excluding carboxylic acids is 1. The van der Waals surface area contributed by atoms with E-state index < -0.39 is 0 Å². The van der Waals surface area contributed by atoms with Gasteiger partial charge in [-0.1, -0.05) is 24.3 Å². The number of rotatable bonds is 6. The normalized spacial score (nSPS) is 17.2. The number of ether oxygens (including phenoxy) is 2. The lowest BCUT2D eigenvalue weighted by molar-refractivity contribution is 0.0931. The molecule has 156 valence electrons. The fourth-order valence-corrected chi connectivity index (χ4v) is 5.25. The number of benzene rings is 2. The molecule has 1 aromatic heterocycles. The number of hydrogen-bond acceptors (Lipinski definition) is 5. The van der Waals surface area contributed by atoms with Crippen LogP contribution in [0.4, 0.5) is 0 Å². The van der Waals surface area contributed by atoms with Crippen molar-refractivity contribution >= 4 is 27.3 Å². The van der Waals surface area contributed by atoms with Crippen molar-refractivity contribution in [3.05, 3.63) is 59.0 Å². The molecular formula is C24H26N2O3S. The Bertz CT molecular complexity index is 1010. The molecule has 2 aromatic carbocycles. The lowest BCUT2D eigenvalue weighted by Crippen LogP contribution is -2.44. The second-order valence-electron chi connectivity index (χ2n) is 8.01. The predicted molar refractivity (Wildman–Crippen MR) is 120 cm³/mol. The van der Waals surface area contributed by atoms with Crippen molar-refractivity contribution in [1.82, 2.24) is 10.2 Å². The molecular weight excluding hydrogens is 396 g/mol. The minimum absolute atomic E-state index is 0.0120. The minimum atomic E-state index is 0.0120. The molecule has 3 heterocycles. The number of thiophene rings is 1. The Labute approximate surface area is 180 Å². The summed E-state index contributed by atoms with van der Waals surface area (Å²) in [7, 11) is 0. The molecule has 1 N–H and O–H groups in total. The van der Waals surface area contributed by atoms with Gasteiger partial charge in [-0.2, -0.15) is 0 Å². The maximum Gasteiger partial charge on any atom is 0.261 e. The zero-order valence-corrected chi connectivity index (χ0v) is 17.7. The van der Waals surface area contributed by atoms with Gasteiger partial charge in [0.2, 0.25) is 0 Å². The zero-order valence-electron chi connectivity index (χ0n) is 16.9. The van der Waals surface area contributed by atoms with Crippen LogP contribution in [-0.2, 0) is 6.42 Å². The summed E-state index contributed by atoms with van der Waals surface area (Å²) in [6.07, 6.45) is 3.24. The van der Waals surface area contributed by atoms with Crippen molar-refractivity contribution in [2.45, 2.75) is 25.3 Å². The highest BCUT2D eigenvalue weighted by molar-refractivity contribution is 7.20. The molecule has 0 bridgehead atoms. The van der Waals surface area contributed by atoms with E-state index in [2.05, 4.69) is 34.5 Å². The molecule has 0 aliphatic carbocycles. The van der Waals surface area contributed by atoms with Crippen LogP contribution in [0.25, 0.3) is 10.1 Å². The van der Waals surface area contributed by atoms with E-state index in [9.17, 15) is 4.79 Å². The van der Waals surface area contributed by atoms with Gasteiger partial charge in [0, 0.05) is 17.3 Å². The number of amides is 1. The predicted octanol–water partition coefficient (Wildman–Crippen LogP) is 4.11. The first-order chi connectivity index (χ1) is 14.7. The molecule has 0 radical (unpaired) electrons. The van der Waals surface area contributed by atoms with Crippen LogP contribution in [0.5, 0.6) is 11.5 Å². The highest BCUT2D eigenvalue weighted by atomic mass is 32.1. The molecule has 2 aliphatic heterocycles. The lowest BCUT2D eigenvalue weighted by Gasteiger charge is -2.25. The molecule has 1 unspecified atom stereocenters. The van der Waals surface area contributed by atoms with Gasteiger partial charge in [0.25, 0.3) is 5.91 Å². The summed E-state index contributed by atoms with van der Waals surface area (Å²) < 4.78 is 12.5. The van der Waals surface area contributed by atoms with E-state index in [0.29, 0.717) is 13.2 Å². The third-order valence-corrected chi connectivity index (χ3v) is 6.87. The number of hydrogen-bond donors (Lipinski definition) is 1. The number of carbonyl (C=O) groups is 1. The van der Waals surface area contributed by atoms with Crippen LogP contribution in [0, 0.1) is 0 Å². The van der Waals surface area contributed by atoms with E-state index in [1.807, 2.05) is 24.3 Å². The highest BCUT2D eigenvalue weighted by Crippen LogP contribution is 2.31. The Morgan fingerprint density at radius 2 is 1.83 bits per heavy atom. The quantitative estimate of drug-likeness (QED) is 0.650. The van der Waals surface area contributed by atoms with Gasteiger partial charge >= 0.3 is 0 Å². The van der Waals surface area contributed by atoms with Gasteiger partial charge in [-0.15, -0.1) is 11.3 Å². The van der Waals surface area contributed by atoms with Crippen LogP contribution < -0.4 is 14.8 Å². The standard InChI is InChI=1S/C24H26N2O3S/c27-24(23-15-18-5-1-2-6-22(18)30-23)25-19(16-26-9-3-4-10-26)13-17-7-8-20-21(14-17)29-12-11-28-20/h1-2,5-8,14-15,19H,3-4,9-13,16H2,(H,25,27). The van der Waals surface area contributed by atoms with Crippen molar-refractivity contribution in [2.75, 3.05) is 32.8 Å². The SMILES string of the molecule is O=C(NC(Cc1ccc2c(c1)OCCO2)CN1CCCC1)c1cc2ccccc2s1. The molecule has 1 atom stereocenters. The minimum Gasteiger partial charge on any atom is -0.486 e. The molecule has 2 aliphatic rings. The maximum atomic E-state index is 13.1. The maximum absolute atomic E-state index is 13.1. The monoisotopic (exact) mass is 422 g/mol. The molecule has 30 heavy (non-hydrogen) atoms. The second-order valence-corrected chi connectivity index (χ2v) is 9.09. The zero-order chi connectivity index (χ0) is 20.3. The van der Waals surface area contributed by atoms with Crippen LogP contribution in [0.15, 0.2) is 48.5 Å². The summed E-state index contributed by atoms with van der Waals surface area (Å²) in [5, 5.41) is 4.43. The first kappa shape index (κ1) is 19.4. The van der Waals surface area contributed by atoms with E-state index in [1.165, 1.54) is 12.8 Å². The Hall–Kier alpha value is -2.57. The average Bonchev–Trinajstić information content (AvgIpc) is 3.43. The van der Waals surface area contributed by atoms with E-state index in [1.54, 1.807) is 11.3 Å². The van der Waals surface area contributed by atoms with Gasteiger partial charge in [0.1, 0.15) is 13.2 Å². The summed E-state index contributed by atoms with van der Waals surface area (Å²) in [4.78, 5) is 16.3. The topological polar surface area (TPSA) is 50.8 Å². The average molecular weight is 423 g/mol. The Kier molecular flexibility index (Phi) is 5.60. The van der Waals surface area contributed by atoms with Crippen LogP contribution in [0.2, 0.25) is 0 Å². The summed E-state index contributed by atoms with van der Waals surface area (Å²) in [6, 6.07) is 16.3. The Morgan fingerprint density at radius 1 is 1.03 bits per heavy atom. The van der Waals surface area contributed by atoms with Gasteiger partial charge in [-0.05, 0) is 67.6 Å². The summed E-state index contributed by atoms with van der Waals surface area (Å²) in [5.74, 6) is 1.61. The Morgan fingerprint density at radius 3 is 2.67 bits per heavy atom. The van der Waals surface area contributed by atoms with E-state index in [4.69, 9.17) is 9.47 Å². The fourth-order valence-electron chi connectivity index (χ4n) is 4.29. The summed E-state index contributed by atoms with van der Waals surface area (Å²) in [5.41, 5.74) is 1.15. The van der Waals surface area contributed by atoms with Crippen LogP contribution in [-0.4, -0.2) is 49.7 Å². The van der Waals surface area contributed by atoms with Gasteiger partial charge < -0.3 is 19.7 Å². The van der Waals surface area contributed by atoms with E-state index in [0.717, 1.165) is 58.1 Å².